The molecule has 1 N–H and O–H groups in total. The Balaban J connectivity index is 2.03. The second-order valence-corrected chi connectivity index (χ2v) is 4.80. The van der Waals surface area contributed by atoms with Gasteiger partial charge in [0.1, 0.15) is 6.61 Å². The molecule has 0 aliphatic rings. The molecule has 0 saturated heterocycles. The zero-order valence-electron chi connectivity index (χ0n) is 12.6. The molecular weight excluding hydrogens is 262 g/mol. The molecule has 0 atom stereocenters. The summed E-state index contributed by atoms with van der Waals surface area (Å²) in [5.41, 5.74) is 3.50. The first-order valence-electron chi connectivity index (χ1n) is 6.94. The van der Waals surface area contributed by atoms with Crippen LogP contribution in [0.1, 0.15) is 11.1 Å². The zero-order valence-corrected chi connectivity index (χ0v) is 12.6. The molecular formula is C18H21NO2. The third-order valence-corrected chi connectivity index (χ3v) is 3.13. The number of rotatable bonds is 7. The molecule has 0 bridgehead atoms. The highest BCUT2D eigenvalue weighted by molar-refractivity contribution is 5.47. The van der Waals surface area contributed by atoms with Gasteiger partial charge in [0.15, 0.2) is 11.5 Å². The molecule has 3 nitrogen and oxygen atoms in total. The van der Waals surface area contributed by atoms with E-state index in [9.17, 15) is 0 Å². The van der Waals surface area contributed by atoms with Crippen LogP contribution in [0.2, 0.25) is 0 Å². The Morgan fingerprint density at radius 2 is 1.86 bits per heavy atom. The summed E-state index contributed by atoms with van der Waals surface area (Å²) in [4.78, 5) is 0. The molecule has 0 radical (unpaired) electrons. The molecule has 0 amide bonds. The van der Waals surface area contributed by atoms with E-state index < -0.39 is 0 Å². The summed E-state index contributed by atoms with van der Waals surface area (Å²) in [5, 5.41) is 3.39. The number of ether oxygens (including phenoxy) is 2. The van der Waals surface area contributed by atoms with Gasteiger partial charge in [-0.15, -0.1) is 0 Å². The average molecular weight is 283 g/mol. The Morgan fingerprint density at radius 3 is 2.52 bits per heavy atom. The number of hydrogen-bond donors (Lipinski definition) is 1. The Hall–Kier alpha value is -2.42. The van der Waals surface area contributed by atoms with Crippen LogP contribution >= 0.6 is 0 Å². The van der Waals surface area contributed by atoms with Gasteiger partial charge in [-0.2, -0.15) is 0 Å². The number of nitrogens with one attached hydrogen (secondary N) is 1. The molecule has 3 heteroatoms. The average Bonchev–Trinajstić information content (AvgIpc) is 2.52. The van der Waals surface area contributed by atoms with Crippen molar-refractivity contribution in [2.45, 2.75) is 13.5 Å². The van der Waals surface area contributed by atoms with Crippen molar-refractivity contribution in [1.29, 1.82) is 0 Å². The normalized spacial score (nSPS) is 10.0. The highest BCUT2D eigenvalue weighted by Gasteiger charge is 2.05. The predicted molar refractivity (Wildman–Crippen MR) is 87.2 cm³/mol. The molecule has 0 heterocycles. The van der Waals surface area contributed by atoms with Crippen molar-refractivity contribution in [3.63, 3.8) is 0 Å². The SMILES string of the molecule is C=CCOc1ccc(CNc2ccc(C)cc2)cc1OC. The molecule has 0 saturated carbocycles. The third kappa shape index (κ3) is 4.28. The Labute approximate surface area is 126 Å². The molecule has 2 aromatic carbocycles. The van der Waals surface area contributed by atoms with E-state index in [1.807, 2.05) is 18.2 Å². The fraction of sp³-hybridized carbons (Fsp3) is 0.222. The lowest BCUT2D eigenvalue weighted by atomic mass is 10.2. The van der Waals surface area contributed by atoms with Gasteiger partial charge in [0.25, 0.3) is 0 Å². The van der Waals surface area contributed by atoms with Crippen molar-refractivity contribution in [3.8, 4) is 11.5 Å². The maximum Gasteiger partial charge on any atom is 0.161 e. The van der Waals surface area contributed by atoms with E-state index in [4.69, 9.17) is 9.47 Å². The van der Waals surface area contributed by atoms with Crippen LogP contribution in [0.25, 0.3) is 0 Å². The second kappa shape index (κ2) is 7.39. The van der Waals surface area contributed by atoms with E-state index in [0.717, 1.165) is 29.3 Å². The fourth-order valence-corrected chi connectivity index (χ4v) is 1.97. The highest BCUT2D eigenvalue weighted by Crippen LogP contribution is 2.28. The van der Waals surface area contributed by atoms with Crippen molar-refractivity contribution in [2.75, 3.05) is 19.0 Å². The summed E-state index contributed by atoms with van der Waals surface area (Å²) >= 11 is 0. The van der Waals surface area contributed by atoms with Crippen molar-refractivity contribution < 1.29 is 9.47 Å². The molecule has 0 aliphatic carbocycles. The van der Waals surface area contributed by atoms with Crippen LogP contribution in [0, 0.1) is 6.92 Å². The smallest absolute Gasteiger partial charge is 0.161 e. The third-order valence-electron chi connectivity index (χ3n) is 3.13. The number of aryl methyl sites for hydroxylation is 1. The van der Waals surface area contributed by atoms with Gasteiger partial charge in [0.2, 0.25) is 0 Å². The van der Waals surface area contributed by atoms with Crippen molar-refractivity contribution in [3.05, 3.63) is 66.2 Å². The van der Waals surface area contributed by atoms with Crippen LogP contribution in [-0.2, 0) is 6.54 Å². The number of anilines is 1. The summed E-state index contributed by atoms with van der Waals surface area (Å²) in [5.74, 6) is 1.47. The van der Waals surface area contributed by atoms with Gasteiger partial charge in [0, 0.05) is 12.2 Å². The van der Waals surface area contributed by atoms with Gasteiger partial charge in [-0.3, -0.25) is 0 Å². The largest absolute Gasteiger partial charge is 0.493 e. The van der Waals surface area contributed by atoms with Gasteiger partial charge in [0.05, 0.1) is 7.11 Å². The fourth-order valence-electron chi connectivity index (χ4n) is 1.97. The second-order valence-electron chi connectivity index (χ2n) is 4.80. The Kier molecular flexibility index (Phi) is 5.27. The van der Waals surface area contributed by atoms with Gasteiger partial charge in [-0.05, 0) is 36.8 Å². The van der Waals surface area contributed by atoms with Crippen molar-refractivity contribution >= 4 is 5.69 Å². The summed E-state index contributed by atoms with van der Waals surface area (Å²) in [6, 6.07) is 14.3. The molecule has 0 fully saturated rings. The highest BCUT2D eigenvalue weighted by atomic mass is 16.5. The van der Waals surface area contributed by atoms with E-state index >= 15 is 0 Å². The maximum atomic E-state index is 5.54. The minimum Gasteiger partial charge on any atom is -0.493 e. The summed E-state index contributed by atoms with van der Waals surface area (Å²) in [6.45, 7) is 6.93. The summed E-state index contributed by atoms with van der Waals surface area (Å²) < 4.78 is 10.9. The van der Waals surface area contributed by atoms with Crippen molar-refractivity contribution in [2.24, 2.45) is 0 Å². The molecule has 0 aliphatic heterocycles. The minimum absolute atomic E-state index is 0.470. The van der Waals surface area contributed by atoms with Crippen LogP contribution in [0.15, 0.2) is 55.1 Å². The maximum absolute atomic E-state index is 5.54. The summed E-state index contributed by atoms with van der Waals surface area (Å²) in [6.07, 6.45) is 1.71. The van der Waals surface area contributed by atoms with Gasteiger partial charge >= 0.3 is 0 Å². The number of hydrogen-bond acceptors (Lipinski definition) is 3. The lowest BCUT2D eigenvalue weighted by molar-refractivity contribution is 0.326. The van der Waals surface area contributed by atoms with Crippen LogP contribution in [0.3, 0.4) is 0 Å². The molecule has 2 rings (SSSR count). The first-order chi connectivity index (χ1) is 10.2. The van der Waals surface area contributed by atoms with Gasteiger partial charge in [-0.25, -0.2) is 0 Å². The van der Waals surface area contributed by atoms with Gasteiger partial charge < -0.3 is 14.8 Å². The molecule has 0 aromatic heterocycles. The lowest BCUT2D eigenvalue weighted by Gasteiger charge is -2.12. The summed E-state index contributed by atoms with van der Waals surface area (Å²) in [7, 11) is 1.65. The van der Waals surface area contributed by atoms with E-state index in [1.54, 1.807) is 13.2 Å². The van der Waals surface area contributed by atoms with E-state index in [-0.39, 0.29) is 0 Å². The molecule has 110 valence electrons. The predicted octanol–water partition coefficient (Wildman–Crippen LogP) is 4.18. The number of methoxy groups -OCH3 is 1. The Bertz CT molecular complexity index is 591. The Morgan fingerprint density at radius 1 is 1.10 bits per heavy atom. The van der Waals surface area contributed by atoms with Gasteiger partial charge in [-0.1, -0.05) is 36.4 Å². The standard InChI is InChI=1S/C18H21NO2/c1-4-11-21-17-10-7-15(12-18(17)20-3)13-19-16-8-5-14(2)6-9-16/h4-10,12,19H,1,11,13H2,2-3H3. The molecule has 2 aromatic rings. The molecule has 0 unspecified atom stereocenters. The lowest BCUT2D eigenvalue weighted by Crippen LogP contribution is -2.01. The monoisotopic (exact) mass is 283 g/mol. The van der Waals surface area contributed by atoms with Crippen LogP contribution < -0.4 is 14.8 Å². The van der Waals surface area contributed by atoms with Crippen LogP contribution in [0.5, 0.6) is 11.5 Å². The van der Waals surface area contributed by atoms with E-state index in [1.165, 1.54) is 5.56 Å². The first kappa shape index (κ1) is 15.0. The number of benzene rings is 2. The minimum atomic E-state index is 0.470. The molecule has 0 spiro atoms. The molecule has 21 heavy (non-hydrogen) atoms. The van der Waals surface area contributed by atoms with Crippen molar-refractivity contribution in [1.82, 2.24) is 0 Å². The van der Waals surface area contributed by atoms with E-state index in [0.29, 0.717) is 6.61 Å². The zero-order chi connectivity index (χ0) is 15.1. The quantitative estimate of drug-likeness (QED) is 0.773. The topological polar surface area (TPSA) is 30.5 Å². The van der Waals surface area contributed by atoms with Crippen LogP contribution in [-0.4, -0.2) is 13.7 Å². The van der Waals surface area contributed by atoms with E-state index in [2.05, 4.69) is 43.1 Å². The van der Waals surface area contributed by atoms with Crippen LogP contribution in [0.4, 0.5) is 5.69 Å². The first-order valence-corrected chi connectivity index (χ1v) is 6.94.